The van der Waals surface area contributed by atoms with Gasteiger partial charge >= 0.3 is 0 Å². The first-order valence-electron chi connectivity index (χ1n) is 8.90. The number of piperidine rings is 1. The van der Waals surface area contributed by atoms with Gasteiger partial charge in [0.2, 0.25) is 10.0 Å². The number of rotatable bonds is 7. The van der Waals surface area contributed by atoms with Crippen LogP contribution in [0, 0.1) is 5.92 Å². The highest BCUT2D eigenvalue weighted by Gasteiger charge is 2.26. The number of hydrogen-bond acceptors (Lipinski definition) is 4. The second-order valence-electron chi connectivity index (χ2n) is 6.85. The van der Waals surface area contributed by atoms with Crippen molar-refractivity contribution >= 4 is 27.5 Å². The lowest BCUT2D eigenvalue weighted by Gasteiger charge is -2.30. The Morgan fingerprint density at radius 3 is 2.58 bits per heavy atom. The van der Waals surface area contributed by atoms with Crippen LogP contribution in [0.2, 0.25) is 5.02 Å². The van der Waals surface area contributed by atoms with Crippen LogP contribution in [0.15, 0.2) is 18.2 Å². The maximum absolute atomic E-state index is 12.2. The Hall–Kier alpha value is -1.31. The predicted molar refractivity (Wildman–Crippen MR) is 103 cm³/mol. The van der Waals surface area contributed by atoms with Gasteiger partial charge in [-0.05, 0) is 37.0 Å². The molecule has 1 aromatic rings. The molecule has 6 nitrogen and oxygen atoms in total. The van der Waals surface area contributed by atoms with Crippen molar-refractivity contribution in [1.82, 2.24) is 9.62 Å². The largest absolute Gasteiger partial charge is 0.489 e. The summed E-state index contributed by atoms with van der Waals surface area (Å²) in [6.07, 6.45) is 3.36. The van der Waals surface area contributed by atoms with Crippen LogP contribution < -0.4 is 10.1 Å². The second kappa shape index (κ2) is 9.06. The van der Waals surface area contributed by atoms with Crippen LogP contribution in [0.25, 0.3) is 0 Å². The number of carbonyl (C=O) groups excluding carboxylic acids is 1. The Labute approximate surface area is 160 Å². The molecule has 1 aromatic carbocycles. The number of sulfonamides is 1. The van der Waals surface area contributed by atoms with E-state index in [1.54, 1.807) is 18.2 Å². The molecule has 1 aliphatic heterocycles. The van der Waals surface area contributed by atoms with Crippen molar-refractivity contribution in [2.75, 3.05) is 25.9 Å². The molecular formula is C18H27ClN2O4S. The van der Waals surface area contributed by atoms with Crippen molar-refractivity contribution in [2.24, 2.45) is 5.92 Å². The van der Waals surface area contributed by atoms with Crippen LogP contribution in [-0.4, -0.2) is 50.6 Å². The number of hydrogen-bond donors (Lipinski definition) is 1. The number of nitrogens with one attached hydrogen (secondary N) is 1. The summed E-state index contributed by atoms with van der Waals surface area (Å²) < 4.78 is 30.5. The Kier molecular flexibility index (Phi) is 7.32. The van der Waals surface area contributed by atoms with E-state index in [0.717, 1.165) is 6.42 Å². The molecule has 2 rings (SSSR count). The molecule has 26 heavy (non-hydrogen) atoms. The summed E-state index contributed by atoms with van der Waals surface area (Å²) in [7, 11) is -3.15. The molecule has 0 aliphatic carbocycles. The van der Waals surface area contributed by atoms with Crippen LogP contribution in [0.3, 0.4) is 0 Å². The third-order valence-electron chi connectivity index (χ3n) is 4.67. The van der Waals surface area contributed by atoms with Crippen LogP contribution in [0.1, 0.15) is 43.5 Å². The van der Waals surface area contributed by atoms with E-state index in [4.69, 9.17) is 16.3 Å². The molecule has 1 saturated heterocycles. The SMILES string of the molecule is CC[C@@H](C)CNC(=O)c1ccc(OC2CCN(S(C)(=O)=O)CC2)c(Cl)c1. The van der Waals surface area contributed by atoms with Gasteiger partial charge in [0.05, 0.1) is 11.3 Å². The van der Waals surface area contributed by atoms with Crippen molar-refractivity contribution in [3.63, 3.8) is 0 Å². The Bertz CT molecular complexity index is 731. The van der Waals surface area contributed by atoms with Crippen LogP contribution in [0.4, 0.5) is 0 Å². The van der Waals surface area contributed by atoms with Crippen molar-refractivity contribution in [3.05, 3.63) is 28.8 Å². The number of nitrogens with zero attached hydrogens (tertiary/aromatic N) is 1. The molecule has 1 fully saturated rings. The lowest BCUT2D eigenvalue weighted by Crippen LogP contribution is -2.41. The smallest absolute Gasteiger partial charge is 0.251 e. The van der Waals surface area contributed by atoms with Gasteiger partial charge in [-0.25, -0.2) is 12.7 Å². The maximum atomic E-state index is 12.2. The number of carbonyl (C=O) groups is 1. The van der Waals surface area contributed by atoms with Gasteiger partial charge in [0.15, 0.2) is 0 Å². The summed E-state index contributed by atoms with van der Waals surface area (Å²) >= 11 is 6.27. The summed E-state index contributed by atoms with van der Waals surface area (Å²) in [6.45, 7) is 5.68. The third-order valence-corrected chi connectivity index (χ3v) is 6.26. The van der Waals surface area contributed by atoms with Gasteiger partial charge in [-0.15, -0.1) is 0 Å². The minimum Gasteiger partial charge on any atom is -0.489 e. The van der Waals surface area contributed by atoms with Crippen molar-refractivity contribution < 1.29 is 17.9 Å². The normalized spacial score (nSPS) is 17.7. The third kappa shape index (κ3) is 5.86. The van der Waals surface area contributed by atoms with Gasteiger partial charge in [-0.3, -0.25) is 4.79 Å². The lowest BCUT2D eigenvalue weighted by atomic mass is 10.1. The zero-order valence-corrected chi connectivity index (χ0v) is 17.1. The molecule has 1 N–H and O–H groups in total. The van der Waals surface area contributed by atoms with Gasteiger partial charge in [0.25, 0.3) is 5.91 Å². The van der Waals surface area contributed by atoms with E-state index in [0.29, 0.717) is 54.7 Å². The highest BCUT2D eigenvalue weighted by Crippen LogP contribution is 2.28. The minimum atomic E-state index is -3.15. The average molecular weight is 403 g/mol. The van der Waals surface area contributed by atoms with E-state index in [9.17, 15) is 13.2 Å². The summed E-state index contributed by atoms with van der Waals surface area (Å²) in [5.41, 5.74) is 0.498. The fourth-order valence-corrected chi connectivity index (χ4v) is 3.81. The van der Waals surface area contributed by atoms with Crippen LogP contribution >= 0.6 is 11.6 Å². The Morgan fingerprint density at radius 1 is 1.38 bits per heavy atom. The number of halogens is 1. The Balaban J connectivity index is 1.93. The molecule has 1 amide bonds. The van der Waals surface area contributed by atoms with E-state index in [1.165, 1.54) is 10.6 Å². The fourth-order valence-electron chi connectivity index (χ4n) is 2.71. The average Bonchev–Trinajstić information content (AvgIpc) is 2.60. The molecule has 1 atom stereocenters. The number of amides is 1. The van der Waals surface area contributed by atoms with Crippen LogP contribution in [0.5, 0.6) is 5.75 Å². The topological polar surface area (TPSA) is 75.7 Å². The van der Waals surface area contributed by atoms with E-state index in [1.807, 2.05) is 0 Å². The van der Waals surface area contributed by atoms with E-state index in [2.05, 4.69) is 19.2 Å². The van der Waals surface area contributed by atoms with Crippen molar-refractivity contribution in [2.45, 2.75) is 39.2 Å². The van der Waals surface area contributed by atoms with Gasteiger partial charge in [0.1, 0.15) is 11.9 Å². The first-order valence-corrected chi connectivity index (χ1v) is 11.1. The molecule has 0 aromatic heterocycles. The minimum absolute atomic E-state index is 0.0874. The maximum Gasteiger partial charge on any atom is 0.251 e. The molecule has 1 heterocycles. The van der Waals surface area contributed by atoms with Crippen LogP contribution in [-0.2, 0) is 10.0 Å². The highest BCUT2D eigenvalue weighted by atomic mass is 35.5. The second-order valence-corrected chi connectivity index (χ2v) is 9.24. The lowest BCUT2D eigenvalue weighted by molar-refractivity contribution is 0.0947. The monoisotopic (exact) mass is 402 g/mol. The van der Waals surface area contributed by atoms with Gasteiger partial charge in [-0.1, -0.05) is 31.9 Å². The first-order chi connectivity index (χ1) is 12.2. The number of ether oxygens (including phenoxy) is 1. The molecule has 8 heteroatoms. The van der Waals surface area contributed by atoms with Crippen molar-refractivity contribution in [1.29, 1.82) is 0 Å². The zero-order valence-electron chi connectivity index (χ0n) is 15.5. The van der Waals surface area contributed by atoms with E-state index in [-0.39, 0.29) is 12.0 Å². The molecule has 0 spiro atoms. The standard InChI is InChI=1S/C18H27ClN2O4S/c1-4-13(2)12-20-18(22)14-5-6-17(16(19)11-14)25-15-7-9-21(10-8-15)26(3,23)24/h5-6,11,13,15H,4,7-10,12H2,1-3H3,(H,20,22)/t13-/m1/s1. The van der Waals surface area contributed by atoms with Gasteiger partial charge in [-0.2, -0.15) is 0 Å². The molecule has 0 radical (unpaired) electrons. The van der Waals surface area contributed by atoms with Gasteiger partial charge in [0, 0.05) is 25.2 Å². The zero-order chi connectivity index (χ0) is 19.3. The molecule has 146 valence electrons. The summed E-state index contributed by atoms with van der Waals surface area (Å²) in [6, 6.07) is 5.00. The Morgan fingerprint density at radius 2 is 2.04 bits per heavy atom. The van der Waals surface area contributed by atoms with Crippen molar-refractivity contribution in [3.8, 4) is 5.75 Å². The predicted octanol–water partition coefficient (Wildman–Crippen LogP) is 2.92. The molecule has 0 bridgehead atoms. The summed E-state index contributed by atoms with van der Waals surface area (Å²) in [5.74, 6) is 0.790. The quantitative estimate of drug-likeness (QED) is 0.760. The summed E-state index contributed by atoms with van der Waals surface area (Å²) in [4.78, 5) is 12.2. The molecule has 1 aliphatic rings. The van der Waals surface area contributed by atoms with E-state index < -0.39 is 10.0 Å². The number of benzene rings is 1. The van der Waals surface area contributed by atoms with Gasteiger partial charge < -0.3 is 10.1 Å². The van der Waals surface area contributed by atoms with E-state index >= 15 is 0 Å². The molecule has 0 unspecified atom stereocenters. The fraction of sp³-hybridized carbons (Fsp3) is 0.611. The molecular weight excluding hydrogens is 376 g/mol. The highest BCUT2D eigenvalue weighted by molar-refractivity contribution is 7.88. The molecule has 0 saturated carbocycles. The summed E-state index contributed by atoms with van der Waals surface area (Å²) in [5, 5.41) is 3.28. The first kappa shape index (κ1) is 21.0.